The molecule has 13 heavy (non-hydrogen) atoms. The predicted molar refractivity (Wildman–Crippen MR) is 48.4 cm³/mol. The Labute approximate surface area is 78.2 Å². The molecule has 0 aliphatic carbocycles. The molecule has 0 radical (unpaired) electrons. The molecule has 0 bridgehead atoms. The zero-order valence-electron chi connectivity index (χ0n) is 8.01. The molecule has 74 valence electrons. The second-order valence-corrected chi connectivity index (χ2v) is 3.78. The van der Waals surface area contributed by atoms with Gasteiger partial charge in [-0.2, -0.15) is 0 Å². The van der Waals surface area contributed by atoms with Crippen molar-refractivity contribution in [2.45, 2.75) is 18.9 Å². The van der Waals surface area contributed by atoms with Crippen molar-refractivity contribution < 1.29 is 9.53 Å². The van der Waals surface area contributed by atoms with Crippen molar-refractivity contribution in [1.82, 2.24) is 10.2 Å². The van der Waals surface area contributed by atoms with E-state index in [4.69, 9.17) is 4.74 Å². The van der Waals surface area contributed by atoms with Gasteiger partial charge in [0.25, 0.3) is 0 Å². The van der Waals surface area contributed by atoms with Crippen molar-refractivity contribution >= 4 is 5.91 Å². The fourth-order valence-electron chi connectivity index (χ4n) is 2.34. The summed E-state index contributed by atoms with van der Waals surface area (Å²) in [6.45, 7) is 5.65. The van der Waals surface area contributed by atoms with E-state index in [0.717, 1.165) is 26.1 Å². The molecule has 1 spiro atoms. The van der Waals surface area contributed by atoms with E-state index < -0.39 is 0 Å². The van der Waals surface area contributed by atoms with Crippen LogP contribution in [0.3, 0.4) is 0 Å². The highest BCUT2D eigenvalue weighted by Gasteiger charge is 2.44. The molecule has 2 heterocycles. The first-order valence-corrected chi connectivity index (χ1v) is 4.87. The largest absolute Gasteiger partial charge is 0.369 e. The molecule has 1 atom stereocenters. The number of nitrogens with zero attached hydrogens (tertiary/aromatic N) is 1. The van der Waals surface area contributed by atoms with Crippen LogP contribution in [0.1, 0.15) is 13.3 Å². The number of carbonyl (C=O) groups is 1. The third-order valence-corrected chi connectivity index (χ3v) is 3.01. The average molecular weight is 184 g/mol. The van der Waals surface area contributed by atoms with Gasteiger partial charge in [0, 0.05) is 13.1 Å². The molecular weight excluding hydrogens is 168 g/mol. The maximum absolute atomic E-state index is 11.6. The first kappa shape index (κ1) is 8.97. The quantitative estimate of drug-likeness (QED) is 0.603. The van der Waals surface area contributed by atoms with Crippen LogP contribution in [0.4, 0.5) is 0 Å². The van der Waals surface area contributed by atoms with Crippen LogP contribution >= 0.6 is 0 Å². The minimum Gasteiger partial charge on any atom is -0.369 e. The van der Waals surface area contributed by atoms with Crippen LogP contribution in [-0.4, -0.2) is 49.2 Å². The van der Waals surface area contributed by atoms with E-state index in [1.165, 1.54) is 0 Å². The van der Waals surface area contributed by atoms with Crippen LogP contribution in [0.5, 0.6) is 0 Å². The monoisotopic (exact) mass is 184 g/mol. The van der Waals surface area contributed by atoms with Gasteiger partial charge in [0.05, 0.1) is 12.1 Å². The van der Waals surface area contributed by atoms with Crippen molar-refractivity contribution in [2.75, 3.05) is 32.8 Å². The number of rotatable bonds is 1. The molecule has 0 saturated carbocycles. The molecule has 1 unspecified atom stereocenters. The van der Waals surface area contributed by atoms with Crippen LogP contribution in [0.2, 0.25) is 0 Å². The molecule has 1 N–H and O–H groups in total. The molecule has 0 aromatic heterocycles. The predicted octanol–water partition coefficient (Wildman–Crippen LogP) is -0.403. The summed E-state index contributed by atoms with van der Waals surface area (Å²) in [6, 6.07) is 0. The Bertz CT molecular complexity index is 212. The minimum atomic E-state index is -0.0376. The summed E-state index contributed by atoms with van der Waals surface area (Å²) in [7, 11) is 0. The smallest absolute Gasteiger partial charge is 0.249 e. The highest BCUT2D eigenvalue weighted by Crippen LogP contribution is 2.26. The lowest BCUT2D eigenvalue weighted by atomic mass is 9.95. The van der Waals surface area contributed by atoms with E-state index in [1.807, 2.05) is 11.8 Å². The van der Waals surface area contributed by atoms with Crippen molar-refractivity contribution in [3.63, 3.8) is 0 Å². The van der Waals surface area contributed by atoms with Gasteiger partial charge in [0.1, 0.15) is 6.61 Å². The van der Waals surface area contributed by atoms with Crippen LogP contribution in [0, 0.1) is 0 Å². The van der Waals surface area contributed by atoms with Crippen molar-refractivity contribution in [3.05, 3.63) is 0 Å². The SMILES string of the molecule is CCN1C(=O)COCC12CCNC2. The molecule has 2 saturated heterocycles. The van der Waals surface area contributed by atoms with Crippen molar-refractivity contribution in [2.24, 2.45) is 0 Å². The minimum absolute atomic E-state index is 0.0376. The summed E-state index contributed by atoms with van der Waals surface area (Å²) in [5, 5.41) is 3.29. The van der Waals surface area contributed by atoms with Crippen molar-refractivity contribution in [3.8, 4) is 0 Å². The van der Waals surface area contributed by atoms with E-state index in [2.05, 4.69) is 5.32 Å². The van der Waals surface area contributed by atoms with Gasteiger partial charge in [0.2, 0.25) is 5.91 Å². The highest BCUT2D eigenvalue weighted by molar-refractivity contribution is 5.79. The lowest BCUT2D eigenvalue weighted by Gasteiger charge is -2.43. The molecule has 1 amide bonds. The summed E-state index contributed by atoms with van der Waals surface area (Å²) in [4.78, 5) is 13.5. The Balaban J connectivity index is 2.18. The molecular formula is C9H16N2O2. The lowest BCUT2D eigenvalue weighted by Crippen LogP contribution is -2.60. The topological polar surface area (TPSA) is 41.6 Å². The van der Waals surface area contributed by atoms with Gasteiger partial charge < -0.3 is 15.0 Å². The fraction of sp³-hybridized carbons (Fsp3) is 0.889. The summed E-state index contributed by atoms with van der Waals surface area (Å²) in [6.07, 6.45) is 1.02. The third-order valence-electron chi connectivity index (χ3n) is 3.01. The van der Waals surface area contributed by atoms with E-state index in [9.17, 15) is 4.79 Å². The van der Waals surface area contributed by atoms with Gasteiger partial charge in [-0.25, -0.2) is 0 Å². The van der Waals surface area contributed by atoms with E-state index in [-0.39, 0.29) is 18.1 Å². The first-order valence-electron chi connectivity index (χ1n) is 4.87. The average Bonchev–Trinajstić information content (AvgIpc) is 2.54. The van der Waals surface area contributed by atoms with Crippen LogP contribution in [0.25, 0.3) is 0 Å². The molecule has 2 fully saturated rings. The summed E-state index contributed by atoms with van der Waals surface area (Å²) in [5.41, 5.74) is -0.0376. The second kappa shape index (κ2) is 3.27. The zero-order valence-corrected chi connectivity index (χ0v) is 8.01. The van der Waals surface area contributed by atoms with E-state index in [1.54, 1.807) is 0 Å². The Morgan fingerprint density at radius 2 is 2.54 bits per heavy atom. The first-order chi connectivity index (χ1) is 6.28. The molecule has 4 nitrogen and oxygen atoms in total. The number of hydrogen-bond acceptors (Lipinski definition) is 3. The van der Waals surface area contributed by atoms with Crippen molar-refractivity contribution in [1.29, 1.82) is 0 Å². The van der Waals surface area contributed by atoms with Gasteiger partial charge in [-0.05, 0) is 19.9 Å². The van der Waals surface area contributed by atoms with Crippen LogP contribution in [0.15, 0.2) is 0 Å². The number of amides is 1. The summed E-state index contributed by atoms with van der Waals surface area (Å²) >= 11 is 0. The Hall–Kier alpha value is -0.610. The maximum atomic E-state index is 11.6. The maximum Gasteiger partial charge on any atom is 0.249 e. The van der Waals surface area contributed by atoms with Crippen LogP contribution < -0.4 is 5.32 Å². The standard InChI is InChI=1S/C9H16N2O2/c1-2-11-8(12)5-13-7-9(11)3-4-10-6-9/h10H,2-7H2,1H3. The van der Waals surface area contributed by atoms with Crippen LogP contribution in [-0.2, 0) is 9.53 Å². The number of ether oxygens (including phenoxy) is 1. The third kappa shape index (κ3) is 1.34. The Morgan fingerprint density at radius 1 is 1.69 bits per heavy atom. The Morgan fingerprint density at radius 3 is 3.15 bits per heavy atom. The second-order valence-electron chi connectivity index (χ2n) is 3.78. The van der Waals surface area contributed by atoms with Gasteiger partial charge in [0.15, 0.2) is 0 Å². The molecule has 2 rings (SSSR count). The Kier molecular flexibility index (Phi) is 2.26. The summed E-state index contributed by atoms with van der Waals surface area (Å²) < 4.78 is 5.32. The number of nitrogens with one attached hydrogen (secondary N) is 1. The molecule has 0 aromatic rings. The molecule has 2 aliphatic heterocycles. The molecule has 2 aliphatic rings. The number of hydrogen-bond donors (Lipinski definition) is 1. The van der Waals surface area contributed by atoms with E-state index in [0.29, 0.717) is 6.61 Å². The van der Waals surface area contributed by atoms with Gasteiger partial charge >= 0.3 is 0 Å². The number of morpholine rings is 1. The molecule has 0 aromatic carbocycles. The normalized spacial score (nSPS) is 34.5. The number of likely N-dealkylation sites (N-methyl/N-ethyl adjacent to an activating group) is 1. The lowest BCUT2D eigenvalue weighted by molar-refractivity contribution is -0.155. The zero-order chi connectivity index (χ0) is 9.31. The van der Waals surface area contributed by atoms with E-state index >= 15 is 0 Å². The van der Waals surface area contributed by atoms with Gasteiger partial charge in [-0.3, -0.25) is 4.79 Å². The summed E-state index contributed by atoms with van der Waals surface area (Å²) in [5.74, 6) is 0.137. The highest BCUT2D eigenvalue weighted by atomic mass is 16.5. The van der Waals surface area contributed by atoms with Gasteiger partial charge in [-0.15, -0.1) is 0 Å². The molecule has 4 heteroatoms. The number of carbonyl (C=O) groups excluding carboxylic acids is 1. The fourth-order valence-corrected chi connectivity index (χ4v) is 2.34. The van der Waals surface area contributed by atoms with Gasteiger partial charge in [-0.1, -0.05) is 0 Å².